The zero-order chi connectivity index (χ0) is 13.7. The molecular formula is C12H14N4O2S. The van der Waals surface area contributed by atoms with Crippen LogP contribution in [0.2, 0.25) is 0 Å². The molecule has 1 heterocycles. The molecule has 0 spiro atoms. The Labute approximate surface area is 115 Å². The first-order chi connectivity index (χ1) is 9.19. The first-order valence-corrected chi connectivity index (χ1v) is 6.48. The Bertz CT molecular complexity index is 557. The molecule has 7 heteroatoms. The fourth-order valence-corrected chi connectivity index (χ4v) is 2.03. The normalized spacial score (nSPS) is 10.0. The van der Waals surface area contributed by atoms with E-state index in [4.69, 9.17) is 4.74 Å². The van der Waals surface area contributed by atoms with E-state index in [1.807, 2.05) is 11.4 Å². The summed E-state index contributed by atoms with van der Waals surface area (Å²) < 4.78 is 9.06. The molecule has 0 saturated carbocycles. The highest BCUT2D eigenvalue weighted by molar-refractivity contribution is 7.03. The van der Waals surface area contributed by atoms with Crippen LogP contribution in [0.25, 0.3) is 0 Å². The summed E-state index contributed by atoms with van der Waals surface area (Å²) in [6, 6.07) is 5.41. The van der Waals surface area contributed by atoms with Crippen molar-refractivity contribution in [3.8, 4) is 5.75 Å². The maximum Gasteiger partial charge on any atom is 0.221 e. The molecule has 0 atom stereocenters. The standard InChI is InChI=1S/C12H14N4O2S/c1-8(17)14-9-3-4-12(18-2)11(5-9)13-6-10-7-19-16-15-10/h3-5,7,13H,6H2,1-2H3,(H,14,17). The number of ether oxygens (including phenoxy) is 1. The molecule has 0 radical (unpaired) electrons. The van der Waals surface area contributed by atoms with Crippen LogP contribution < -0.4 is 15.4 Å². The van der Waals surface area contributed by atoms with Gasteiger partial charge >= 0.3 is 0 Å². The topological polar surface area (TPSA) is 76.1 Å². The van der Waals surface area contributed by atoms with Crippen LogP contribution in [-0.2, 0) is 11.3 Å². The molecule has 0 aliphatic carbocycles. The first-order valence-electron chi connectivity index (χ1n) is 5.64. The molecule has 19 heavy (non-hydrogen) atoms. The second-order valence-corrected chi connectivity index (χ2v) is 4.46. The molecule has 100 valence electrons. The highest BCUT2D eigenvalue weighted by Gasteiger charge is 2.06. The van der Waals surface area contributed by atoms with E-state index in [1.165, 1.54) is 18.5 Å². The average molecular weight is 278 g/mol. The number of nitrogens with one attached hydrogen (secondary N) is 2. The number of rotatable bonds is 5. The third kappa shape index (κ3) is 3.65. The van der Waals surface area contributed by atoms with Gasteiger partial charge in [0.1, 0.15) is 5.75 Å². The predicted octanol–water partition coefficient (Wildman–Crippen LogP) is 2.12. The lowest BCUT2D eigenvalue weighted by Crippen LogP contribution is -2.07. The third-order valence-electron chi connectivity index (χ3n) is 2.38. The van der Waals surface area contributed by atoms with Crippen molar-refractivity contribution in [2.75, 3.05) is 17.7 Å². The molecule has 1 aromatic carbocycles. The van der Waals surface area contributed by atoms with E-state index in [2.05, 4.69) is 20.2 Å². The zero-order valence-corrected chi connectivity index (χ0v) is 11.5. The van der Waals surface area contributed by atoms with Gasteiger partial charge in [0.25, 0.3) is 0 Å². The number of carbonyl (C=O) groups excluding carboxylic acids is 1. The van der Waals surface area contributed by atoms with Gasteiger partial charge in [-0.1, -0.05) is 4.49 Å². The fraction of sp³-hybridized carbons (Fsp3) is 0.250. The van der Waals surface area contributed by atoms with Crippen molar-refractivity contribution in [2.24, 2.45) is 0 Å². The second kappa shape index (κ2) is 6.14. The summed E-state index contributed by atoms with van der Waals surface area (Å²) >= 11 is 1.31. The summed E-state index contributed by atoms with van der Waals surface area (Å²) in [4.78, 5) is 11.0. The average Bonchev–Trinajstić information content (AvgIpc) is 2.89. The third-order valence-corrected chi connectivity index (χ3v) is 2.94. The van der Waals surface area contributed by atoms with Gasteiger partial charge in [0.2, 0.25) is 5.91 Å². The number of benzene rings is 1. The minimum absolute atomic E-state index is 0.111. The predicted molar refractivity (Wildman–Crippen MR) is 74.5 cm³/mol. The number of carbonyl (C=O) groups is 1. The van der Waals surface area contributed by atoms with Gasteiger partial charge in [0.15, 0.2) is 0 Å². The molecule has 0 fully saturated rings. The maximum absolute atomic E-state index is 11.0. The molecule has 1 amide bonds. The Morgan fingerprint density at radius 3 is 2.95 bits per heavy atom. The Morgan fingerprint density at radius 2 is 2.32 bits per heavy atom. The van der Waals surface area contributed by atoms with Crippen molar-refractivity contribution in [3.63, 3.8) is 0 Å². The van der Waals surface area contributed by atoms with Crippen molar-refractivity contribution in [1.29, 1.82) is 0 Å². The highest BCUT2D eigenvalue weighted by atomic mass is 32.1. The Morgan fingerprint density at radius 1 is 1.47 bits per heavy atom. The van der Waals surface area contributed by atoms with E-state index in [0.717, 1.165) is 11.4 Å². The van der Waals surface area contributed by atoms with Gasteiger partial charge in [-0.25, -0.2) is 0 Å². The van der Waals surface area contributed by atoms with Crippen molar-refractivity contribution in [2.45, 2.75) is 13.5 Å². The van der Waals surface area contributed by atoms with Crippen LogP contribution >= 0.6 is 11.5 Å². The van der Waals surface area contributed by atoms with E-state index in [1.54, 1.807) is 19.2 Å². The van der Waals surface area contributed by atoms with Gasteiger partial charge in [-0.3, -0.25) is 4.79 Å². The van der Waals surface area contributed by atoms with Crippen LogP contribution in [-0.4, -0.2) is 22.6 Å². The summed E-state index contributed by atoms with van der Waals surface area (Å²) in [5, 5.41) is 11.8. The monoisotopic (exact) mass is 278 g/mol. The minimum atomic E-state index is -0.111. The number of hydrogen-bond donors (Lipinski definition) is 2. The number of aromatic nitrogens is 2. The van der Waals surface area contributed by atoms with Gasteiger partial charge in [0.05, 0.1) is 25.0 Å². The van der Waals surface area contributed by atoms with Gasteiger partial charge in [-0.15, -0.1) is 5.10 Å². The van der Waals surface area contributed by atoms with Crippen LogP contribution in [0.3, 0.4) is 0 Å². The zero-order valence-electron chi connectivity index (χ0n) is 10.6. The Balaban J connectivity index is 2.13. The number of methoxy groups -OCH3 is 1. The van der Waals surface area contributed by atoms with Crippen molar-refractivity contribution >= 4 is 28.8 Å². The lowest BCUT2D eigenvalue weighted by Gasteiger charge is -2.12. The Kier molecular flexibility index (Phi) is 4.30. The van der Waals surface area contributed by atoms with Crippen LogP contribution in [0.5, 0.6) is 5.75 Å². The first kappa shape index (κ1) is 13.3. The van der Waals surface area contributed by atoms with Gasteiger partial charge in [-0.2, -0.15) is 0 Å². The minimum Gasteiger partial charge on any atom is -0.495 e. The molecule has 6 nitrogen and oxygen atoms in total. The fourth-order valence-electron chi connectivity index (χ4n) is 1.57. The second-order valence-electron chi connectivity index (χ2n) is 3.85. The van der Waals surface area contributed by atoms with Crippen LogP contribution in [0, 0.1) is 0 Å². The number of nitrogens with zero attached hydrogens (tertiary/aromatic N) is 2. The van der Waals surface area contributed by atoms with Crippen molar-refractivity contribution < 1.29 is 9.53 Å². The number of anilines is 2. The summed E-state index contributed by atoms with van der Waals surface area (Å²) in [5.74, 6) is 0.595. The summed E-state index contributed by atoms with van der Waals surface area (Å²) in [6.07, 6.45) is 0. The lowest BCUT2D eigenvalue weighted by atomic mass is 10.2. The van der Waals surface area contributed by atoms with Gasteiger partial charge in [0, 0.05) is 18.0 Å². The van der Waals surface area contributed by atoms with Gasteiger partial charge < -0.3 is 15.4 Å². The highest BCUT2D eigenvalue weighted by Crippen LogP contribution is 2.28. The van der Waals surface area contributed by atoms with Crippen molar-refractivity contribution in [1.82, 2.24) is 9.59 Å². The molecule has 0 unspecified atom stereocenters. The van der Waals surface area contributed by atoms with E-state index in [9.17, 15) is 4.79 Å². The molecule has 0 bridgehead atoms. The molecular weight excluding hydrogens is 264 g/mol. The molecule has 0 aliphatic rings. The van der Waals surface area contributed by atoms with Crippen LogP contribution in [0.1, 0.15) is 12.6 Å². The summed E-state index contributed by atoms with van der Waals surface area (Å²) in [5.41, 5.74) is 2.37. The van der Waals surface area contributed by atoms with E-state index >= 15 is 0 Å². The molecule has 2 rings (SSSR count). The van der Waals surface area contributed by atoms with Gasteiger partial charge in [-0.05, 0) is 29.7 Å². The van der Waals surface area contributed by atoms with Crippen LogP contribution in [0.15, 0.2) is 23.6 Å². The largest absolute Gasteiger partial charge is 0.495 e. The molecule has 0 aliphatic heterocycles. The van der Waals surface area contributed by atoms with Crippen LogP contribution in [0.4, 0.5) is 11.4 Å². The molecule has 2 aromatic rings. The smallest absolute Gasteiger partial charge is 0.221 e. The maximum atomic E-state index is 11.0. The molecule has 1 aromatic heterocycles. The quantitative estimate of drug-likeness (QED) is 0.876. The van der Waals surface area contributed by atoms with Crippen molar-refractivity contribution in [3.05, 3.63) is 29.3 Å². The summed E-state index contributed by atoms with van der Waals surface area (Å²) in [7, 11) is 1.60. The van der Waals surface area contributed by atoms with E-state index in [-0.39, 0.29) is 5.91 Å². The number of amides is 1. The number of hydrogen-bond acceptors (Lipinski definition) is 6. The molecule has 0 saturated heterocycles. The SMILES string of the molecule is COc1ccc(NC(C)=O)cc1NCc1csnn1. The van der Waals surface area contributed by atoms with E-state index < -0.39 is 0 Å². The summed E-state index contributed by atoms with van der Waals surface area (Å²) in [6.45, 7) is 2.02. The molecule has 2 N–H and O–H groups in total. The lowest BCUT2D eigenvalue weighted by molar-refractivity contribution is -0.114. The Hall–Kier alpha value is -2.15. The van der Waals surface area contributed by atoms with E-state index in [0.29, 0.717) is 18.0 Å².